The number of nitrogens with two attached hydrogens (primary N) is 1. The fourth-order valence-corrected chi connectivity index (χ4v) is 3.00. The standard InChI is InChI=1S/C14H22ClN3/c1-17(2)10-14-4-3-5-18(14)9-11-6-12(15)8-13(16)7-11/h6-8,14H,3-5,9-10,16H2,1-2H3. The molecule has 0 spiro atoms. The zero-order chi connectivity index (χ0) is 13.1. The van der Waals surface area contributed by atoms with Gasteiger partial charge in [-0.3, -0.25) is 4.90 Å². The molecular weight excluding hydrogens is 246 g/mol. The zero-order valence-electron chi connectivity index (χ0n) is 11.2. The lowest BCUT2D eigenvalue weighted by atomic mass is 10.1. The lowest BCUT2D eigenvalue weighted by Gasteiger charge is -2.27. The van der Waals surface area contributed by atoms with Crippen molar-refractivity contribution < 1.29 is 0 Å². The molecule has 0 radical (unpaired) electrons. The normalized spacial score (nSPS) is 20.8. The highest BCUT2D eigenvalue weighted by molar-refractivity contribution is 6.30. The maximum atomic E-state index is 6.05. The summed E-state index contributed by atoms with van der Waals surface area (Å²) in [5, 5.41) is 0.730. The highest BCUT2D eigenvalue weighted by Crippen LogP contribution is 2.23. The summed E-state index contributed by atoms with van der Waals surface area (Å²) in [6.45, 7) is 3.24. The zero-order valence-corrected chi connectivity index (χ0v) is 12.0. The van der Waals surface area contributed by atoms with Crippen LogP contribution in [-0.4, -0.2) is 43.0 Å². The number of halogens is 1. The van der Waals surface area contributed by atoms with Crippen molar-refractivity contribution in [3.8, 4) is 0 Å². The monoisotopic (exact) mass is 267 g/mol. The number of likely N-dealkylation sites (N-methyl/N-ethyl adjacent to an activating group) is 1. The Bertz CT molecular complexity index is 386. The Morgan fingerprint density at radius 2 is 2.17 bits per heavy atom. The van der Waals surface area contributed by atoms with E-state index in [1.165, 1.54) is 24.9 Å². The first-order valence-corrected chi connectivity index (χ1v) is 6.86. The fraction of sp³-hybridized carbons (Fsp3) is 0.571. The maximum Gasteiger partial charge on any atom is 0.0429 e. The molecule has 2 N–H and O–H groups in total. The number of hydrogen-bond acceptors (Lipinski definition) is 3. The van der Waals surface area contributed by atoms with Gasteiger partial charge < -0.3 is 10.6 Å². The molecule has 1 aliphatic heterocycles. The molecule has 1 heterocycles. The van der Waals surface area contributed by atoms with Gasteiger partial charge in [-0.2, -0.15) is 0 Å². The summed E-state index contributed by atoms with van der Waals surface area (Å²) in [6, 6.07) is 6.49. The van der Waals surface area contributed by atoms with Gasteiger partial charge in [0.2, 0.25) is 0 Å². The quantitative estimate of drug-likeness (QED) is 0.851. The van der Waals surface area contributed by atoms with Crippen molar-refractivity contribution in [1.29, 1.82) is 0 Å². The summed E-state index contributed by atoms with van der Waals surface area (Å²) < 4.78 is 0. The van der Waals surface area contributed by atoms with Gasteiger partial charge >= 0.3 is 0 Å². The molecule has 1 aromatic rings. The lowest BCUT2D eigenvalue weighted by Crippen LogP contribution is -2.37. The molecule has 1 aliphatic rings. The number of rotatable bonds is 4. The first-order valence-electron chi connectivity index (χ1n) is 6.48. The van der Waals surface area contributed by atoms with Gasteiger partial charge in [0.05, 0.1) is 0 Å². The minimum Gasteiger partial charge on any atom is -0.399 e. The third-order valence-electron chi connectivity index (χ3n) is 3.44. The first-order chi connectivity index (χ1) is 8.54. The number of hydrogen-bond donors (Lipinski definition) is 1. The fourth-order valence-electron chi connectivity index (χ4n) is 2.73. The van der Waals surface area contributed by atoms with Crippen LogP contribution >= 0.6 is 11.6 Å². The van der Waals surface area contributed by atoms with E-state index in [0.29, 0.717) is 6.04 Å². The van der Waals surface area contributed by atoms with Crippen LogP contribution in [0.5, 0.6) is 0 Å². The second-order valence-corrected chi connectivity index (χ2v) is 5.86. The van der Waals surface area contributed by atoms with Crippen molar-refractivity contribution in [1.82, 2.24) is 9.80 Å². The van der Waals surface area contributed by atoms with Crippen molar-refractivity contribution in [2.45, 2.75) is 25.4 Å². The van der Waals surface area contributed by atoms with Crippen LogP contribution in [0, 0.1) is 0 Å². The molecule has 1 saturated heterocycles. The SMILES string of the molecule is CN(C)CC1CCCN1Cc1cc(N)cc(Cl)c1. The minimum absolute atomic E-state index is 0.653. The molecule has 0 aliphatic carbocycles. The number of nitrogens with zero attached hydrogens (tertiary/aromatic N) is 2. The van der Waals surface area contributed by atoms with Crippen LogP contribution in [0.25, 0.3) is 0 Å². The van der Waals surface area contributed by atoms with Crippen molar-refractivity contribution >= 4 is 17.3 Å². The van der Waals surface area contributed by atoms with E-state index in [9.17, 15) is 0 Å². The van der Waals surface area contributed by atoms with Gasteiger partial charge in [0.15, 0.2) is 0 Å². The number of likely N-dealkylation sites (tertiary alicyclic amines) is 1. The van der Waals surface area contributed by atoms with Crippen LogP contribution in [-0.2, 0) is 6.54 Å². The van der Waals surface area contributed by atoms with E-state index in [-0.39, 0.29) is 0 Å². The molecule has 0 bridgehead atoms. The highest BCUT2D eigenvalue weighted by atomic mass is 35.5. The van der Waals surface area contributed by atoms with E-state index in [1.54, 1.807) is 6.07 Å². The second kappa shape index (κ2) is 5.91. The molecule has 0 aromatic heterocycles. The van der Waals surface area contributed by atoms with Crippen molar-refractivity contribution in [2.24, 2.45) is 0 Å². The van der Waals surface area contributed by atoms with E-state index in [2.05, 4.69) is 23.9 Å². The Labute approximate surface area is 115 Å². The van der Waals surface area contributed by atoms with Gasteiger partial charge in [-0.05, 0) is 57.2 Å². The summed E-state index contributed by atoms with van der Waals surface area (Å²) in [5.74, 6) is 0. The summed E-state index contributed by atoms with van der Waals surface area (Å²) >= 11 is 6.05. The first kappa shape index (κ1) is 13.7. The number of nitrogen functional groups attached to an aromatic ring is 1. The van der Waals surface area contributed by atoms with Crippen LogP contribution < -0.4 is 5.73 Å². The summed E-state index contributed by atoms with van der Waals surface area (Å²) in [6.07, 6.45) is 2.57. The van der Waals surface area contributed by atoms with Gasteiger partial charge in [0.1, 0.15) is 0 Å². The van der Waals surface area contributed by atoms with Crippen LogP contribution in [0.15, 0.2) is 18.2 Å². The number of benzene rings is 1. The van der Waals surface area contributed by atoms with Crippen molar-refractivity contribution in [3.63, 3.8) is 0 Å². The van der Waals surface area contributed by atoms with Gasteiger partial charge in [-0.15, -0.1) is 0 Å². The maximum absolute atomic E-state index is 6.05. The molecular formula is C14H22ClN3. The number of anilines is 1. The second-order valence-electron chi connectivity index (χ2n) is 5.42. The molecule has 1 atom stereocenters. The molecule has 1 unspecified atom stereocenters. The van der Waals surface area contributed by atoms with Crippen molar-refractivity contribution in [3.05, 3.63) is 28.8 Å². The molecule has 3 nitrogen and oxygen atoms in total. The Balaban J connectivity index is 2.03. The van der Waals surface area contributed by atoms with E-state index in [1.807, 2.05) is 12.1 Å². The predicted molar refractivity (Wildman–Crippen MR) is 77.9 cm³/mol. The van der Waals surface area contributed by atoms with Crippen molar-refractivity contribution in [2.75, 3.05) is 32.9 Å². The third kappa shape index (κ3) is 3.61. The molecule has 1 aromatic carbocycles. The molecule has 2 rings (SSSR count). The van der Waals surface area contributed by atoms with E-state index < -0.39 is 0 Å². The van der Waals surface area contributed by atoms with E-state index >= 15 is 0 Å². The lowest BCUT2D eigenvalue weighted by molar-refractivity contribution is 0.201. The van der Waals surface area contributed by atoms with E-state index in [0.717, 1.165) is 23.8 Å². The minimum atomic E-state index is 0.653. The summed E-state index contributed by atoms with van der Waals surface area (Å²) in [5.41, 5.74) is 7.80. The van der Waals surface area contributed by atoms with Gasteiger partial charge in [0.25, 0.3) is 0 Å². The topological polar surface area (TPSA) is 32.5 Å². The van der Waals surface area contributed by atoms with Crippen LogP contribution in [0.3, 0.4) is 0 Å². The van der Waals surface area contributed by atoms with Crippen LogP contribution in [0.2, 0.25) is 5.02 Å². The average molecular weight is 268 g/mol. The Morgan fingerprint density at radius 3 is 2.83 bits per heavy atom. The highest BCUT2D eigenvalue weighted by Gasteiger charge is 2.24. The Kier molecular flexibility index (Phi) is 4.49. The predicted octanol–water partition coefficient (Wildman–Crippen LogP) is 2.45. The van der Waals surface area contributed by atoms with E-state index in [4.69, 9.17) is 17.3 Å². The van der Waals surface area contributed by atoms with Gasteiger partial charge in [0, 0.05) is 29.8 Å². The molecule has 18 heavy (non-hydrogen) atoms. The average Bonchev–Trinajstić information content (AvgIpc) is 2.63. The Hall–Kier alpha value is -0.770. The summed E-state index contributed by atoms with van der Waals surface area (Å²) in [4.78, 5) is 4.79. The molecule has 1 fully saturated rings. The molecule has 100 valence electrons. The van der Waals surface area contributed by atoms with Crippen LogP contribution in [0.1, 0.15) is 18.4 Å². The third-order valence-corrected chi connectivity index (χ3v) is 3.66. The van der Waals surface area contributed by atoms with Crippen LogP contribution in [0.4, 0.5) is 5.69 Å². The molecule has 4 heteroatoms. The Morgan fingerprint density at radius 1 is 1.39 bits per heavy atom. The molecule has 0 saturated carbocycles. The van der Waals surface area contributed by atoms with Gasteiger partial charge in [-0.25, -0.2) is 0 Å². The van der Waals surface area contributed by atoms with Gasteiger partial charge in [-0.1, -0.05) is 11.6 Å². The smallest absolute Gasteiger partial charge is 0.0429 e. The summed E-state index contributed by atoms with van der Waals surface area (Å²) in [7, 11) is 4.27. The largest absolute Gasteiger partial charge is 0.399 e. The molecule has 0 amide bonds.